The predicted octanol–water partition coefficient (Wildman–Crippen LogP) is 5.24. The zero-order valence-electron chi connectivity index (χ0n) is 12.9. The molecule has 0 fully saturated rings. The highest BCUT2D eigenvalue weighted by Gasteiger charge is 2.37. The molecule has 1 heteroatoms. The molecule has 0 saturated heterocycles. The number of fused-ring (bicyclic) bond motifs is 3. The van der Waals surface area contributed by atoms with Gasteiger partial charge in [0, 0.05) is 11.1 Å². The van der Waals surface area contributed by atoms with E-state index >= 15 is 0 Å². The van der Waals surface area contributed by atoms with Crippen LogP contribution in [-0.2, 0) is 5.41 Å². The lowest BCUT2D eigenvalue weighted by Gasteiger charge is -2.23. The van der Waals surface area contributed by atoms with E-state index in [2.05, 4.69) is 74.5 Å². The maximum absolute atomic E-state index is 6.47. The molecule has 108 valence electrons. The summed E-state index contributed by atoms with van der Waals surface area (Å²) in [5, 5.41) is 0. The summed E-state index contributed by atoms with van der Waals surface area (Å²) in [7, 11) is 0. The minimum Gasteiger partial charge on any atom is -0.398 e. The summed E-state index contributed by atoms with van der Waals surface area (Å²) in [6.45, 7) is 4.52. The second-order valence-corrected chi connectivity index (χ2v) is 6.52. The van der Waals surface area contributed by atoms with Crippen molar-refractivity contribution in [3.05, 3.63) is 77.9 Å². The minimum atomic E-state index is -0.0365. The molecule has 0 saturated carbocycles. The number of hydrogen-bond acceptors (Lipinski definition) is 1. The highest BCUT2D eigenvalue weighted by molar-refractivity contribution is 5.89. The molecule has 0 amide bonds. The third-order valence-electron chi connectivity index (χ3n) is 4.79. The van der Waals surface area contributed by atoms with Crippen LogP contribution in [0.1, 0.15) is 25.0 Å². The average molecular weight is 285 g/mol. The first-order valence-electron chi connectivity index (χ1n) is 7.68. The first-order chi connectivity index (χ1) is 10.6. The van der Waals surface area contributed by atoms with Gasteiger partial charge in [-0.1, -0.05) is 68.4 Å². The van der Waals surface area contributed by atoms with Crippen molar-refractivity contribution in [3.63, 3.8) is 0 Å². The van der Waals surface area contributed by atoms with Crippen molar-refractivity contribution in [2.45, 2.75) is 19.3 Å². The minimum absolute atomic E-state index is 0.0365. The van der Waals surface area contributed by atoms with Crippen LogP contribution in [0.25, 0.3) is 22.3 Å². The topological polar surface area (TPSA) is 26.0 Å². The molecule has 1 aliphatic rings. The number of rotatable bonds is 1. The Balaban J connectivity index is 2.02. The molecule has 0 unspecified atom stereocenters. The van der Waals surface area contributed by atoms with Gasteiger partial charge in [0.15, 0.2) is 0 Å². The summed E-state index contributed by atoms with van der Waals surface area (Å²) in [5.74, 6) is 0. The van der Waals surface area contributed by atoms with E-state index in [0.717, 1.165) is 5.69 Å². The van der Waals surface area contributed by atoms with Gasteiger partial charge in [-0.15, -0.1) is 0 Å². The maximum Gasteiger partial charge on any atom is 0.0368 e. The van der Waals surface area contributed by atoms with Crippen LogP contribution in [-0.4, -0.2) is 0 Å². The molecule has 0 bridgehead atoms. The van der Waals surface area contributed by atoms with Gasteiger partial charge in [0.1, 0.15) is 0 Å². The van der Waals surface area contributed by atoms with Gasteiger partial charge in [0.05, 0.1) is 0 Å². The Bertz CT molecular complexity index is 860. The van der Waals surface area contributed by atoms with Crippen molar-refractivity contribution in [2.24, 2.45) is 0 Å². The lowest BCUT2D eigenvalue weighted by molar-refractivity contribution is 0.663. The van der Waals surface area contributed by atoms with Crippen LogP contribution in [0.3, 0.4) is 0 Å². The molecule has 22 heavy (non-hydrogen) atoms. The highest BCUT2D eigenvalue weighted by atomic mass is 14.6. The van der Waals surface area contributed by atoms with Gasteiger partial charge in [-0.05, 0) is 45.5 Å². The fourth-order valence-corrected chi connectivity index (χ4v) is 3.77. The van der Waals surface area contributed by atoms with Crippen LogP contribution in [0.5, 0.6) is 0 Å². The third kappa shape index (κ3) is 1.72. The fraction of sp³-hybridized carbons (Fsp3) is 0.143. The Labute approximate surface area is 131 Å². The van der Waals surface area contributed by atoms with Gasteiger partial charge >= 0.3 is 0 Å². The largest absolute Gasteiger partial charge is 0.398 e. The molecular formula is C21H19N. The number of benzene rings is 3. The van der Waals surface area contributed by atoms with Gasteiger partial charge in [0.2, 0.25) is 0 Å². The SMILES string of the molecule is CC1(C)c2ccccc2-c2cc(-c3ccccc3)cc(N)c21. The van der Waals surface area contributed by atoms with Crippen LogP contribution in [0.4, 0.5) is 5.69 Å². The van der Waals surface area contributed by atoms with E-state index in [0.29, 0.717) is 0 Å². The molecule has 2 N–H and O–H groups in total. The van der Waals surface area contributed by atoms with E-state index in [1.165, 1.54) is 33.4 Å². The Morgan fingerprint density at radius 1 is 0.727 bits per heavy atom. The third-order valence-corrected chi connectivity index (χ3v) is 4.79. The quantitative estimate of drug-likeness (QED) is 0.608. The second-order valence-electron chi connectivity index (χ2n) is 6.52. The summed E-state index contributed by atoms with van der Waals surface area (Å²) < 4.78 is 0. The van der Waals surface area contributed by atoms with Crippen molar-refractivity contribution in [1.29, 1.82) is 0 Å². The normalized spacial score (nSPS) is 14.5. The van der Waals surface area contributed by atoms with E-state index in [4.69, 9.17) is 5.73 Å². The summed E-state index contributed by atoms with van der Waals surface area (Å²) in [4.78, 5) is 0. The number of nitrogens with two attached hydrogens (primary N) is 1. The Morgan fingerprint density at radius 2 is 1.41 bits per heavy atom. The van der Waals surface area contributed by atoms with Crippen molar-refractivity contribution in [3.8, 4) is 22.3 Å². The summed E-state index contributed by atoms with van der Waals surface area (Å²) in [6, 6.07) is 23.5. The van der Waals surface area contributed by atoms with Crippen molar-refractivity contribution in [2.75, 3.05) is 5.73 Å². The maximum atomic E-state index is 6.47. The van der Waals surface area contributed by atoms with Crippen LogP contribution in [0, 0.1) is 0 Å². The van der Waals surface area contributed by atoms with E-state index < -0.39 is 0 Å². The molecule has 4 rings (SSSR count). The van der Waals surface area contributed by atoms with Crippen LogP contribution in [0.2, 0.25) is 0 Å². The molecule has 0 aliphatic heterocycles. The van der Waals surface area contributed by atoms with E-state index in [-0.39, 0.29) is 5.41 Å². The van der Waals surface area contributed by atoms with Gasteiger partial charge < -0.3 is 5.73 Å². The Hall–Kier alpha value is -2.54. The van der Waals surface area contributed by atoms with Gasteiger partial charge in [0.25, 0.3) is 0 Å². The van der Waals surface area contributed by atoms with Crippen molar-refractivity contribution in [1.82, 2.24) is 0 Å². The molecular weight excluding hydrogens is 266 g/mol. The first-order valence-corrected chi connectivity index (χ1v) is 7.68. The summed E-state index contributed by atoms with van der Waals surface area (Å²) in [5.41, 5.74) is 14.9. The van der Waals surface area contributed by atoms with Gasteiger partial charge in [-0.3, -0.25) is 0 Å². The molecule has 0 aromatic heterocycles. The van der Waals surface area contributed by atoms with Gasteiger partial charge in [-0.2, -0.15) is 0 Å². The molecule has 0 heterocycles. The van der Waals surface area contributed by atoms with Crippen molar-refractivity contribution >= 4 is 5.69 Å². The van der Waals surface area contributed by atoms with E-state index in [1.807, 2.05) is 6.07 Å². The zero-order valence-corrected chi connectivity index (χ0v) is 12.9. The highest BCUT2D eigenvalue weighted by Crippen LogP contribution is 2.51. The molecule has 3 aromatic carbocycles. The van der Waals surface area contributed by atoms with Gasteiger partial charge in [-0.25, -0.2) is 0 Å². The molecule has 0 radical (unpaired) electrons. The Morgan fingerprint density at radius 3 is 2.18 bits per heavy atom. The number of nitrogen functional groups attached to an aromatic ring is 1. The molecule has 0 spiro atoms. The van der Waals surface area contributed by atoms with Crippen LogP contribution >= 0.6 is 0 Å². The number of hydrogen-bond donors (Lipinski definition) is 1. The van der Waals surface area contributed by atoms with E-state index in [9.17, 15) is 0 Å². The lowest BCUT2D eigenvalue weighted by atomic mass is 9.81. The summed E-state index contributed by atoms with van der Waals surface area (Å²) >= 11 is 0. The van der Waals surface area contributed by atoms with Crippen molar-refractivity contribution < 1.29 is 0 Å². The predicted molar refractivity (Wildman–Crippen MR) is 93.9 cm³/mol. The Kier molecular flexibility index (Phi) is 2.67. The molecule has 0 atom stereocenters. The second kappa shape index (κ2) is 4.48. The molecule has 3 aromatic rings. The molecule has 1 nitrogen and oxygen atoms in total. The smallest absolute Gasteiger partial charge is 0.0368 e. The lowest BCUT2D eigenvalue weighted by Crippen LogP contribution is -2.16. The summed E-state index contributed by atoms with van der Waals surface area (Å²) in [6.07, 6.45) is 0. The fourth-order valence-electron chi connectivity index (χ4n) is 3.77. The molecule has 1 aliphatic carbocycles. The van der Waals surface area contributed by atoms with Crippen LogP contribution < -0.4 is 5.73 Å². The number of anilines is 1. The standard InChI is InChI=1S/C21H19N/c1-21(2)18-11-7-6-10-16(18)17-12-15(13-19(22)20(17)21)14-8-4-3-5-9-14/h3-13H,22H2,1-2H3. The zero-order chi connectivity index (χ0) is 15.3. The average Bonchev–Trinajstić information content (AvgIpc) is 2.77. The first kappa shape index (κ1) is 13.1. The van der Waals surface area contributed by atoms with Crippen LogP contribution in [0.15, 0.2) is 66.7 Å². The van der Waals surface area contributed by atoms with E-state index in [1.54, 1.807) is 0 Å². The monoisotopic (exact) mass is 285 g/mol.